The van der Waals surface area contributed by atoms with E-state index >= 15 is 0 Å². The van der Waals surface area contributed by atoms with Gasteiger partial charge in [-0.1, -0.05) is 54.6 Å². The predicted molar refractivity (Wildman–Crippen MR) is 131 cm³/mol. The van der Waals surface area contributed by atoms with E-state index in [1.165, 1.54) is 17.0 Å². The van der Waals surface area contributed by atoms with Crippen LogP contribution in [0.1, 0.15) is 32.3 Å². The average Bonchev–Trinajstić information content (AvgIpc) is 3.25. The van der Waals surface area contributed by atoms with E-state index in [0.717, 1.165) is 11.1 Å². The second kappa shape index (κ2) is 9.67. The summed E-state index contributed by atoms with van der Waals surface area (Å²) < 4.78 is 19.5. The Hall–Kier alpha value is -3.67. The van der Waals surface area contributed by atoms with Gasteiger partial charge in [-0.3, -0.25) is 4.79 Å². The Labute approximate surface area is 199 Å². The van der Waals surface area contributed by atoms with Crippen LogP contribution in [0.5, 0.6) is 0 Å². The quantitative estimate of drug-likeness (QED) is 0.513. The molecule has 2 amide bonds. The van der Waals surface area contributed by atoms with Crippen molar-refractivity contribution in [2.45, 2.75) is 32.3 Å². The van der Waals surface area contributed by atoms with Gasteiger partial charge in [-0.25, -0.2) is 9.18 Å². The normalized spacial score (nSPS) is 17.9. The summed E-state index contributed by atoms with van der Waals surface area (Å²) in [5.41, 5.74) is 2.74. The third-order valence-corrected chi connectivity index (χ3v) is 5.82. The first-order valence-electron chi connectivity index (χ1n) is 11.4. The van der Waals surface area contributed by atoms with Crippen LogP contribution in [0.15, 0.2) is 78.9 Å². The summed E-state index contributed by atoms with van der Waals surface area (Å²) in [4.78, 5) is 27.7. The van der Waals surface area contributed by atoms with E-state index in [1.54, 1.807) is 32.9 Å². The fourth-order valence-corrected chi connectivity index (χ4v) is 4.26. The Balaban J connectivity index is 1.57. The zero-order valence-electron chi connectivity index (χ0n) is 19.6. The number of ether oxygens (including phenoxy) is 1. The first kappa shape index (κ1) is 23.5. The van der Waals surface area contributed by atoms with Gasteiger partial charge in [-0.2, -0.15) is 0 Å². The van der Waals surface area contributed by atoms with Gasteiger partial charge >= 0.3 is 6.09 Å². The molecule has 0 aromatic heterocycles. The number of likely N-dealkylation sites (tertiary alicyclic amines) is 1. The van der Waals surface area contributed by atoms with Crippen molar-refractivity contribution in [1.82, 2.24) is 4.90 Å². The number of halogens is 1. The molecule has 1 aliphatic rings. The van der Waals surface area contributed by atoms with Crippen LogP contribution in [0.4, 0.5) is 14.9 Å². The highest BCUT2D eigenvalue weighted by Crippen LogP contribution is 2.35. The molecule has 0 spiro atoms. The number of carbonyl (C=O) groups excluding carboxylic acids is 2. The highest BCUT2D eigenvalue weighted by molar-refractivity contribution is 5.94. The van der Waals surface area contributed by atoms with Gasteiger partial charge < -0.3 is 15.0 Å². The molecule has 0 unspecified atom stereocenters. The van der Waals surface area contributed by atoms with Gasteiger partial charge in [0.1, 0.15) is 11.4 Å². The number of nitrogens with one attached hydrogen (secondary N) is 1. The van der Waals surface area contributed by atoms with Crippen molar-refractivity contribution in [3.8, 4) is 11.1 Å². The van der Waals surface area contributed by atoms with Gasteiger partial charge in [0.25, 0.3) is 0 Å². The zero-order valence-corrected chi connectivity index (χ0v) is 19.6. The maximum atomic E-state index is 14.0. The largest absolute Gasteiger partial charge is 0.444 e. The highest BCUT2D eigenvalue weighted by atomic mass is 19.1. The van der Waals surface area contributed by atoms with Gasteiger partial charge in [0.05, 0.1) is 5.92 Å². The molecule has 1 fully saturated rings. The number of nitrogens with zero attached hydrogens (tertiary/aromatic N) is 1. The fraction of sp³-hybridized carbons (Fsp3) is 0.286. The molecular weight excluding hydrogens is 431 g/mol. The number of benzene rings is 3. The summed E-state index contributed by atoms with van der Waals surface area (Å²) in [6.45, 7) is 5.87. The lowest BCUT2D eigenvalue weighted by Crippen LogP contribution is -2.36. The van der Waals surface area contributed by atoms with Crippen LogP contribution in [0.2, 0.25) is 0 Å². The molecule has 1 saturated heterocycles. The summed E-state index contributed by atoms with van der Waals surface area (Å²) in [5, 5.41) is 3.00. The lowest BCUT2D eigenvalue weighted by molar-refractivity contribution is -0.119. The zero-order chi connectivity index (χ0) is 24.3. The van der Waals surface area contributed by atoms with Gasteiger partial charge in [0.2, 0.25) is 5.91 Å². The molecule has 4 rings (SSSR count). The van der Waals surface area contributed by atoms with Crippen molar-refractivity contribution < 1.29 is 18.7 Å². The van der Waals surface area contributed by atoms with Crippen molar-refractivity contribution in [3.05, 3.63) is 90.2 Å². The number of hydrogen-bond donors (Lipinski definition) is 1. The van der Waals surface area contributed by atoms with Gasteiger partial charge in [0, 0.05) is 24.7 Å². The first-order valence-corrected chi connectivity index (χ1v) is 11.4. The van der Waals surface area contributed by atoms with Crippen molar-refractivity contribution in [2.24, 2.45) is 5.92 Å². The van der Waals surface area contributed by atoms with E-state index in [2.05, 4.69) is 5.32 Å². The molecule has 3 aromatic carbocycles. The molecule has 3 aromatic rings. The number of carbonyl (C=O) groups is 2. The second-order valence-electron chi connectivity index (χ2n) is 9.59. The SMILES string of the molecule is CC(C)(C)OC(=O)N1C[C@@H](C(=O)Nc2cccc(-c3ccccc3)c2)[C@H](c2cccc(F)c2)C1. The minimum atomic E-state index is -0.649. The van der Waals surface area contributed by atoms with Crippen LogP contribution in [-0.2, 0) is 9.53 Å². The van der Waals surface area contributed by atoms with Crippen LogP contribution < -0.4 is 5.32 Å². The number of rotatable bonds is 4. The molecule has 1 heterocycles. The van der Waals surface area contributed by atoms with E-state index < -0.39 is 17.6 Å². The van der Waals surface area contributed by atoms with Crippen LogP contribution in [0, 0.1) is 11.7 Å². The van der Waals surface area contributed by atoms with E-state index in [1.807, 2.05) is 54.6 Å². The van der Waals surface area contributed by atoms with Crippen molar-refractivity contribution in [2.75, 3.05) is 18.4 Å². The van der Waals surface area contributed by atoms with E-state index in [0.29, 0.717) is 11.3 Å². The minimum Gasteiger partial charge on any atom is -0.444 e. The molecule has 6 heteroatoms. The number of hydrogen-bond acceptors (Lipinski definition) is 3. The number of anilines is 1. The first-order chi connectivity index (χ1) is 16.2. The topological polar surface area (TPSA) is 58.6 Å². The maximum absolute atomic E-state index is 14.0. The summed E-state index contributed by atoms with van der Waals surface area (Å²) in [5.74, 6) is -1.48. The summed E-state index contributed by atoms with van der Waals surface area (Å²) >= 11 is 0. The van der Waals surface area contributed by atoms with E-state index in [-0.39, 0.29) is 30.7 Å². The Kier molecular flexibility index (Phi) is 6.68. The Bertz CT molecular complexity index is 1170. The highest BCUT2D eigenvalue weighted by Gasteiger charge is 2.42. The van der Waals surface area contributed by atoms with Crippen LogP contribution >= 0.6 is 0 Å². The summed E-state index contributed by atoms with van der Waals surface area (Å²) in [6.07, 6.45) is -0.477. The van der Waals surface area contributed by atoms with Crippen LogP contribution in [0.25, 0.3) is 11.1 Å². The van der Waals surface area contributed by atoms with Gasteiger partial charge in [-0.15, -0.1) is 0 Å². The molecule has 176 valence electrons. The second-order valence-corrected chi connectivity index (χ2v) is 9.59. The van der Waals surface area contributed by atoms with Crippen molar-refractivity contribution >= 4 is 17.7 Å². The molecule has 1 aliphatic heterocycles. The standard InChI is InChI=1S/C28H29FN2O3/c1-28(2,3)34-27(33)31-17-24(21-12-7-13-22(29)15-21)25(18-31)26(32)30-23-14-8-11-20(16-23)19-9-5-4-6-10-19/h4-16,24-25H,17-18H2,1-3H3,(H,30,32)/t24-,25+/m0/s1. The lowest BCUT2D eigenvalue weighted by atomic mass is 9.88. The molecule has 0 aliphatic carbocycles. The molecule has 34 heavy (non-hydrogen) atoms. The molecule has 0 radical (unpaired) electrons. The van der Waals surface area contributed by atoms with E-state index in [9.17, 15) is 14.0 Å². The Morgan fingerprint density at radius 1 is 0.912 bits per heavy atom. The van der Waals surface area contributed by atoms with Crippen LogP contribution in [-0.4, -0.2) is 35.6 Å². The Morgan fingerprint density at radius 3 is 2.32 bits per heavy atom. The molecule has 5 nitrogen and oxygen atoms in total. The molecule has 1 N–H and O–H groups in total. The smallest absolute Gasteiger partial charge is 0.410 e. The van der Waals surface area contributed by atoms with Gasteiger partial charge in [0.15, 0.2) is 0 Å². The lowest BCUT2D eigenvalue weighted by Gasteiger charge is -2.24. The van der Waals surface area contributed by atoms with E-state index in [4.69, 9.17) is 4.74 Å². The molecule has 0 bridgehead atoms. The number of amides is 2. The van der Waals surface area contributed by atoms with Gasteiger partial charge in [-0.05, 0) is 61.7 Å². The third kappa shape index (κ3) is 5.63. The van der Waals surface area contributed by atoms with Crippen molar-refractivity contribution in [3.63, 3.8) is 0 Å². The van der Waals surface area contributed by atoms with Crippen LogP contribution in [0.3, 0.4) is 0 Å². The summed E-state index contributed by atoms with van der Waals surface area (Å²) in [7, 11) is 0. The predicted octanol–water partition coefficient (Wildman–Crippen LogP) is 6.08. The fourth-order valence-electron chi connectivity index (χ4n) is 4.26. The molecule has 2 atom stereocenters. The maximum Gasteiger partial charge on any atom is 0.410 e. The Morgan fingerprint density at radius 2 is 1.62 bits per heavy atom. The third-order valence-electron chi connectivity index (χ3n) is 5.82. The molecular formula is C28H29FN2O3. The van der Waals surface area contributed by atoms with Crippen molar-refractivity contribution in [1.29, 1.82) is 0 Å². The average molecular weight is 461 g/mol. The molecule has 0 saturated carbocycles. The summed E-state index contributed by atoms with van der Waals surface area (Å²) in [6, 6.07) is 23.8. The monoisotopic (exact) mass is 460 g/mol. The minimum absolute atomic E-state index is 0.195.